The minimum absolute atomic E-state index is 0.187. The van der Waals surface area contributed by atoms with Gasteiger partial charge < -0.3 is 10.3 Å². The van der Waals surface area contributed by atoms with Gasteiger partial charge in [-0.1, -0.05) is 102 Å². The first kappa shape index (κ1) is 21.5. The number of halogens is 2. The monoisotopic (exact) mass is 467 g/mol. The van der Waals surface area contributed by atoms with Crippen molar-refractivity contribution >= 4 is 46.6 Å². The number of thioether (sulfide) groups is 1. The molecule has 0 saturated heterocycles. The number of nitrogens with one attached hydrogen (secondary N) is 2. The van der Waals surface area contributed by atoms with Crippen LogP contribution in [0, 0.1) is 0 Å². The maximum Gasteiger partial charge on any atom is 0.237 e. The minimum atomic E-state index is -0.409. The lowest BCUT2D eigenvalue weighted by Crippen LogP contribution is -2.22. The fraction of sp³-hybridized carbons (Fsp3) is 0.0833. The van der Waals surface area contributed by atoms with Gasteiger partial charge in [-0.3, -0.25) is 4.79 Å². The van der Waals surface area contributed by atoms with E-state index in [4.69, 9.17) is 28.2 Å². The average Bonchev–Trinajstić information content (AvgIpc) is 3.22. The number of aromatic nitrogens is 2. The fourth-order valence-corrected chi connectivity index (χ4v) is 4.24. The van der Waals surface area contributed by atoms with Gasteiger partial charge in [0.1, 0.15) is 0 Å². The second kappa shape index (κ2) is 9.60. The van der Waals surface area contributed by atoms with Gasteiger partial charge in [-0.15, -0.1) is 0 Å². The highest BCUT2D eigenvalue weighted by atomic mass is 35.5. The molecule has 3 aromatic carbocycles. The van der Waals surface area contributed by atoms with E-state index in [9.17, 15) is 4.79 Å². The highest BCUT2D eigenvalue weighted by Crippen LogP contribution is 2.34. The Labute approximate surface area is 195 Å². The van der Waals surface area contributed by atoms with Crippen molar-refractivity contribution in [2.75, 3.05) is 5.32 Å². The smallest absolute Gasteiger partial charge is 0.237 e. The Kier molecular flexibility index (Phi) is 6.66. The molecule has 0 aliphatic rings. The molecule has 0 radical (unpaired) electrons. The summed E-state index contributed by atoms with van der Waals surface area (Å²) in [4.78, 5) is 20.9. The number of benzene rings is 3. The number of carbonyl (C=O) groups is 1. The van der Waals surface area contributed by atoms with Crippen LogP contribution < -0.4 is 5.32 Å². The Morgan fingerprint density at radius 2 is 1.58 bits per heavy atom. The standard InChI is InChI=1S/C24H19Cl2N3OS/c1-15(23(30)27-19-14-8-13-18(25)20(19)26)31-24-28-21(16-9-4-2-5-10-16)22(29-24)17-11-6-3-7-12-17/h2-15H,1H3,(H,27,30)(H,28,29). The van der Waals surface area contributed by atoms with Crippen LogP contribution in [-0.4, -0.2) is 21.1 Å². The van der Waals surface area contributed by atoms with Crippen LogP contribution in [-0.2, 0) is 4.79 Å². The van der Waals surface area contributed by atoms with E-state index in [1.54, 1.807) is 18.2 Å². The van der Waals surface area contributed by atoms with E-state index in [-0.39, 0.29) is 5.91 Å². The zero-order chi connectivity index (χ0) is 21.8. The molecule has 1 aromatic heterocycles. The Hall–Kier alpha value is -2.73. The Balaban J connectivity index is 1.59. The van der Waals surface area contributed by atoms with Crippen LogP contribution in [0.5, 0.6) is 0 Å². The summed E-state index contributed by atoms with van der Waals surface area (Å²) in [6.45, 7) is 1.82. The zero-order valence-electron chi connectivity index (χ0n) is 16.6. The van der Waals surface area contributed by atoms with Gasteiger partial charge in [-0.25, -0.2) is 4.98 Å². The molecule has 0 fully saturated rings. The van der Waals surface area contributed by atoms with Crippen LogP contribution in [0.25, 0.3) is 22.5 Å². The summed E-state index contributed by atoms with van der Waals surface area (Å²) in [5.74, 6) is -0.187. The number of hydrogen-bond donors (Lipinski definition) is 2. The molecule has 2 N–H and O–H groups in total. The molecule has 4 nitrogen and oxygen atoms in total. The molecule has 156 valence electrons. The zero-order valence-corrected chi connectivity index (χ0v) is 18.9. The highest BCUT2D eigenvalue weighted by molar-refractivity contribution is 8.00. The normalized spacial score (nSPS) is 11.8. The molecule has 31 heavy (non-hydrogen) atoms. The van der Waals surface area contributed by atoms with E-state index in [1.807, 2.05) is 67.6 Å². The summed E-state index contributed by atoms with van der Waals surface area (Å²) < 4.78 is 0. The third-order valence-electron chi connectivity index (χ3n) is 4.66. The largest absolute Gasteiger partial charge is 0.332 e. The van der Waals surface area contributed by atoms with E-state index in [2.05, 4.69) is 10.3 Å². The van der Waals surface area contributed by atoms with Gasteiger partial charge in [0.15, 0.2) is 5.16 Å². The number of hydrogen-bond acceptors (Lipinski definition) is 3. The molecule has 0 spiro atoms. The molecule has 0 saturated carbocycles. The maximum atomic E-state index is 12.7. The number of anilines is 1. The van der Waals surface area contributed by atoms with Crippen molar-refractivity contribution in [3.05, 3.63) is 88.9 Å². The number of carbonyl (C=O) groups excluding carboxylic acids is 1. The molecule has 4 aromatic rings. The predicted octanol–water partition coefficient (Wildman–Crippen LogP) is 7.17. The number of aromatic amines is 1. The van der Waals surface area contributed by atoms with Gasteiger partial charge in [0.05, 0.1) is 32.4 Å². The second-order valence-electron chi connectivity index (χ2n) is 6.85. The summed E-state index contributed by atoms with van der Waals surface area (Å²) in [6, 6.07) is 25.1. The van der Waals surface area contributed by atoms with Crippen molar-refractivity contribution in [2.45, 2.75) is 17.3 Å². The van der Waals surface area contributed by atoms with Gasteiger partial charge in [0, 0.05) is 11.1 Å². The topological polar surface area (TPSA) is 57.8 Å². The molecular formula is C24H19Cl2N3OS. The van der Waals surface area contributed by atoms with E-state index in [1.165, 1.54) is 11.8 Å². The molecule has 0 aliphatic heterocycles. The van der Waals surface area contributed by atoms with Crippen molar-refractivity contribution in [1.29, 1.82) is 0 Å². The van der Waals surface area contributed by atoms with Gasteiger partial charge in [-0.05, 0) is 19.1 Å². The Morgan fingerprint density at radius 1 is 0.935 bits per heavy atom. The van der Waals surface area contributed by atoms with Crippen molar-refractivity contribution < 1.29 is 4.79 Å². The first-order chi connectivity index (χ1) is 15.0. The number of imidazole rings is 1. The number of H-pyrrole nitrogens is 1. The predicted molar refractivity (Wildman–Crippen MR) is 130 cm³/mol. The first-order valence-corrected chi connectivity index (χ1v) is 11.3. The van der Waals surface area contributed by atoms with Crippen LogP contribution in [0.4, 0.5) is 5.69 Å². The van der Waals surface area contributed by atoms with Crippen molar-refractivity contribution in [3.63, 3.8) is 0 Å². The molecular weight excluding hydrogens is 449 g/mol. The highest BCUT2D eigenvalue weighted by Gasteiger charge is 2.20. The number of nitrogens with zero attached hydrogens (tertiary/aromatic N) is 1. The Morgan fingerprint density at radius 3 is 2.26 bits per heavy atom. The maximum absolute atomic E-state index is 12.7. The first-order valence-electron chi connectivity index (χ1n) is 9.65. The summed E-state index contributed by atoms with van der Waals surface area (Å²) in [6.07, 6.45) is 0. The molecule has 1 atom stereocenters. The van der Waals surface area contributed by atoms with E-state index in [0.29, 0.717) is 20.9 Å². The van der Waals surface area contributed by atoms with Gasteiger partial charge in [0.25, 0.3) is 0 Å². The lowest BCUT2D eigenvalue weighted by Gasteiger charge is -2.12. The lowest BCUT2D eigenvalue weighted by molar-refractivity contribution is -0.115. The van der Waals surface area contributed by atoms with Crippen LogP contribution in [0.1, 0.15) is 6.92 Å². The molecule has 0 bridgehead atoms. The van der Waals surface area contributed by atoms with E-state index in [0.717, 1.165) is 22.5 Å². The molecule has 1 amide bonds. The molecule has 0 aliphatic carbocycles. The van der Waals surface area contributed by atoms with Crippen molar-refractivity contribution in [2.24, 2.45) is 0 Å². The third-order valence-corrected chi connectivity index (χ3v) is 6.46. The summed E-state index contributed by atoms with van der Waals surface area (Å²) in [5, 5.41) is 3.81. The van der Waals surface area contributed by atoms with Gasteiger partial charge in [0.2, 0.25) is 5.91 Å². The van der Waals surface area contributed by atoms with Crippen molar-refractivity contribution in [1.82, 2.24) is 9.97 Å². The molecule has 4 rings (SSSR count). The average molecular weight is 468 g/mol. The number of amides is 1. The third kappa shape index (κ3) is 4.96. The van der Waals surface area contributed by atoms with Crippen molar-refractivity contribution in [3.8, 4) is 22.5 Å². The quantitative estimate of drug-likeness (QED) is 0.295. The summed E-state index contributed by atoms with van der Waals surface area (Å²) >= 11 is 13.6. The van der Waals surface area contributed by atoms with Gasteiger partial charge in [-0.2, -0.15) is 0 Å². The minimum Gasteiger partial charge on any atom is -0.332 e. The van der Waals surface area contributed by atoms with E-state index >= 15 is 0 Å². The number of rotatable bonds is 6. The SMILES string of the molecule is CC(Sc1nc(-c2ccccc2)c(-c2ccccc2)[nH]1)C(=O)Nc1cccc(Cl)c1Cl. The summed E-state index contributed by atoms with van der Waals surface area (Å²) in [5.41, 5.74) is 4.29. The van der Waals surface area contributed by atoms with Crippen LogP contribution >= 0.6 is 35.0 Å². The molecule has 1 heterocycles. The lowest BCUT2D eigenvalue weighted by atomic mass is 10.1. The second-order valence-corrected chi connectivity index (χ2v) is 8.96. The molecule has 1 unspecified atom stereocenters. The van der Waals surface area contributed by atoms with Gasteiger partial charge >= 0.3 is 0 Å². The van der Waals surface area contributed by atoms with Crippen LogP contribution in [0.3, 0.4) is 0 Å². The fourth-order valence-electron chi connectivity index (χ4n) is 3.08. The van der Waals surface area contributed by atoms with Crippen LogP contribution in [0.15, 0.2) is 84.0 Å². The summed E-state index contributed by atoms with van der Waals surface area (Å²) in [7, 11) is 0. The molecule has 7 heteroatoms. The van der Waals surface area contributed by atoms with E-state index < -0.39 is 5.25 Å². The van der Waals surface area contributed by atoms with Crippen LogP contribution in [0.2, 0.25) is 10.0 Å². The Bertz CT molecular complexity index is 1140.